The number of likely N-dealkylation sites (tertiary alicyclic amines) is 1. The van der Waals surface area contributed by atoms with E-state index in [1.54, 1.807) is 0 Å². The van der Waals surface area contributed by atoms with E-state index in [0.29, 0.717) is 12.6 Å². The van der Waals surface area contributed by atoms with Crippen LogP contribution in [0, 0.1) is 6.92 Å². The lowest BCUT2D eigenvalue weighted by atomic mass is 10.1. The Morgan fingerprint density at radius 3 is 2.62 bits per heavy atom. The highest BCUT2D eigenvalue weighted by Crippen LogP contribution is 2.16. The largest absolute Gasteiger partial charge is 0.378 e. The van der Waals surface area contributed by atoms with E-state index in [1.165, 1.54) is 11.1 Å². The Morgan fingerprint density at radius 2 is 1.91 bits per heavy atom. The summed E-state index contributed by atoms with van der Waals surface area (Å²) in [5, 5.41) is 6.71. The van der Waals surface area contributed by atoms with Crippen LogP contribution in [0.2, 0.25) is 0 Å². The van der Waals surface area contributed by atoms with Crippen LogP contribution in [0.15, 0.2) is 53.7 Å². The first-order chi connectivity index (χ1) is 15.2. The molecule has 1 saturated heterocycles. The van der Waals surface area contributed by atoms with Gasteiger partial charge in [-0.2, -0.15) is 0 Å². The van der Waals surface area contributed by atoms with Crippen molar-refractivity contribution in [3.05, 3.63) is 65.5 Å². The van der Waals surface area contributed by atoms with Crippen LogP contribution in [-0.2, 0) is 17.8 Å². The number of hydrogen-bond acceptors (Lipinski definition) is 4. The molecule has 0 bridgehead atoms. The predicted octanol–water partition coefficient (Wildman–Crippen LogP) is 4.13. The third kappa shape index (κ3) is 9.42. The van der Waals surface area contributed by atoms with E-state index < -0.39 is 0 Å². The summed E-state index contributed by atoms with van der Waals surface area (Å²) in [6.07, 6.45) is 5.42. The zero-order valence-electron chi connectivity index (χ0n) is 19.4. The number of ether oxygens (including phenoxy) is 1. The number of nitrogens with zero attached hydrogens (tertiary/aromatic N) is 3. The fourth-order valence-corrected chi connectivity index (χ4v) is 3.78. The number of hydrogen-bond donors (Lipinski definition) is 2. The zero-order valence-corrected chi connectivity index (χ0v) is 21.8. The molecule has 32 heavy (non-hydrogen) atoms. The molecule has 176 valence electrons. The second kappa shape index (κ2) is 15.2. The van der Waals surface area contributed by atoms with Gasteiger partial charge in [0.1, 0.15) is 0 Å². The number of benzene rings is 1. The van der Waals surface area contributed by atoms with Crippen LogP contribution in [0.25, 0.3) is 0 Å². The number of halogens is 1. The second-order valence-electron chi connectivity index (χ2n) is 8.07. The fraction of sp³-hybridized carbons (Fsp3) is 0.520. The normalized spacial score (nSPS) is 15.2. The van der Waals surface area contributed by atoms with Crippen molar-refractivity contribution in [2.24, 2.45) is 4.99 Å². The molecule has 0 amide bonds. The summed E-state index contributed by atoms with van der Waals surface area (Å²) in [5.74, 6) is 0.835. The van der Waals surface area contributed by atoms with E-state index in [-0.39, 0.29) is 24.0 Å². The van der Waals surface area contributed by atoms with Crippen LogP contribution in [0.4, 0.5) is 0 Å². The topological polar surface area (TPSA) is 61.8 Å². The smallest absolute Gasteiger partial charge is 0.191 e. The molecule has 1 aliphatic heterocycles. The van der Waals surface area contributed by atoms with Crippen LogP contribution < -0.4 is 10.6 Å². The zero-order chi connectivity index (χ0) is 21.7. The van der Waals surface area contributed by atoms with Crippen LogP contribution in [0.5, 0.6) is 0 Å². The minimum Gasteiger partial charge on any atom is -0.378 e. The number of nitrogens with one attached hydrogen (secondary N) is 2. The van der Waals surface area contributed by atoms with E-state index in [1.807, 2.05) is 12.3 Å². The molecule has 0 spiro atoms. The predicted molar refractivity (Wildman–Crippen MR) is 143 cm³/mol. The fourth-order valence-electron chi connectivity index (χ4n) is 3.78. The lowest BCUT2D eigenvalue weighted by Gasteiger charge is -2.32. The van der Waals surface area contributed by atoms with Gasteiger partial charge >= 0.3 is 0 Å². The Morgan fingerprint density at radius 1 is 1.12 bits per heavy atom. The molecule has 0 atom stereocenters. The van der Waals surface area contributed by atoms with Gasteiger partial charge in [-0.25, -0.2) is 4.99 Å². The number of pyridine rings is 1. The summed E-state index contributed by atoms with van der Waals surface area (Å²) in [4.78, 5) is 11.6. The number of aryl methyl sites for hydroxylation is 1. The summed E-state index contributed by atoms with van der Waals surface area (Å²) < 4.78 is 6.13. The van der Waals surface area contributed by atoms with Gasteiger partial charge in [0.25, 0.3) is 0 Å². The van der Waals surface area contributed by atoms with Gasteiger partial charge in [0.05, 0.1) is 18.3 Å². The number of rotatable bonds is 10. The quantitative estimate of drug-likeness (QED) is 0.201. The lowest BCUT2D eigenvalue weighted by molar-refractivity contribution is 0.00534. The third-order valence-corrected chi connectivity index (χ3v) is 5.60. The SMILES string of the molecule is CCNC(=NCc1ncccc1C)NCCCOC1CCN(Cc2ccccc2)CC1.I. The minimum atomic E-state index is 0. The summed E-state index contributed by atoms with van der Waals surface area (Å²) in [6.45, 7) is 10.5. The highest BCUT2D eigenvalue weighted by Gasteiger charge is 2.19. The highest BCUT2D eigenvalue weighted by atomic mass is 127. The molecule has 1 aliphatic rings. The van der Waals surface area contributed by atoms with Crippen molar-refractivity contribution in [1.29, 1.82) is 0 Å². The summed E-state index contributed by atoms with van der Waals surface area (Å²) in [5.41, 5.74) is 3.58. The Balaban J connectivity index is 0.00000363. The van der Waals surface area contributed by atoms with Crippen LogP contribution in [0.1, 0.15) is 43.0 Å². The molecular formula is C25H38IN5O. The molecule has 1 fully saturated rings. The molecular weight excluding hydrogens is 513 g/mol. The summed E-state index contributed by atoms with van der Waals surface area (Å²) in [6, 6.07) is 14.7. The molecule has 1 aromatic heterocycles. The molecule has 0 aliphatic carbocycles. The second-order valence-corrected chi connectivity index (χ2v) is 8.07. The highest BCUT2D eigenvalue weighted by molar-refractivity contribution is 14.0. The van der Waals surface area contributed by atoms with E-state index in [4.69, 9.17) is 4.74 Å². The van der Waals surface area contributed by atoms with E-state index in [0.717, 1.165) is 70.2 Å². The molecule has 0 radical (unpaired) electrons. The number of aliphatic imine (C=N–C) groups is 1. The average molecular weight is 552 g/mol. The molecule has 2 aromatic rings. The molecule has 2 heterocycles. The molecule has 2 N–H and O–H groups in total. The summed E-state index contributed by atoms with van der Waals surface area (Å²) in [7, 11) is 0. The molecule has 3 rings (SSSR count). The molecule has 0 unspecified atom stereocenters. The van der Waals surface area contributed by atoms with Gasteiger partial charge in [-0.05, 0) is 50.3 Å². The summed E-state index contributed by atoms with van der Waals surface area (Å²) >= 11 is 0. The van der Waals surface area contributed by atoms with Gasteiger partial charge in [-0.15, -0.1) is 24.0 Å². The molecule has 1 aromatic carbocycles. The van der Waals surface area contributed by atoms with Crippen molar-refractivity contribution in [2.45, 2.75) is 52.3 Å². The monoisotopic (exact) mass is 551 g/mol. The maximum atomic E-state index is 6.13. The minimum absolute atomic E-state index is 0. The maximum absolute atomic E-state index is 6.13. The van der Waals surface area contributed by atoms with Gasteiger partial charge in [0.2, 0.25) is 0 Å². The van der Waals surface area contributed by atoms with Crippen molar-refractivity contribution < 1.29 is 4.74 Å². The first-order valence-electron chi connectivity index (χ1n) is 11.5. The van der Waals surface area contributed by atoms with Crippen molar-refractivity contribution in [2.75, 3.05) is 32.8 Å². The Kier molecular flexibility index (Phi) is 12.6. The van der Waals surface area contributed by atoms with E-state index >= 15 is 0 Å². The van der Waals surface area contributed by atoms with Crippen molar-refractivity contribution in [3.63, 3.8) is 0 Å². The molecule has 7 heteroatoms. The van der Waals surface area contributed by atoms with Crippen LogP contribution >= 0.6 is 24.0 Å². The van der Waals surface area contributed by atoms with Gasteiger partial charge in [0.15, 0.2) is 5.96 Å². The van der Waals surface area contributed by atoms with Crippen molar-refractivity contribution in [3.8, 4) is 0 Å². The third-order valence-electron chi connectivity index (χ3n) is 5.60. The molecule has 0 saturated carbocycles. The first kappa shape index (κ1) is 26.5. The van der Waals surface area contributed by atoms with E-state index in [2.05, 4.69) is 75.8 Å². The van der Waals surface area contributed by atoms with E-state index in [9.17, 15) is 0 Å². The van der Waals surface area contributed by atoms with Gasteiger partial charge in [-0.1, -0.05) is 36.4 Å². The standard InChI is InChI=1S/C25H37N5O.HI/c1-3-26-25(29-19-24-21(2)9-7-14-27-24)28-15-8-18-31-23-12-16-30(17-13-23)20-22-10-5-4-6-11-22;/h4-7,9-11,14,23H,3,8,12-13,15-20H2,1-2H3,(H2,26,28,29);1H. The van der Waals surface area contributed by atoms with Gasteiger partial charge < -0.3 is 15.4 Å². The maximum Gasteiger partial charge on any atom is 0.191 e. The van der Waals surface area contributed by atoms with Gasteiger partial charge in [0, 0.05) is 45.5 Å². The molecule has 6 nitrogen and oxygen atoms in total. The number of aromatic nitrogens is 1. The number of guanidine groups is 1. The first-order valence-corrected chi connectivity index (χ1v) is 11.5. The Bertz CT molecular complexity index is 794. The Hall–Kier alpha value is -1.71. The average Bonchev–Trinajstić information content (AvgIpc) is 2.80. The lowest BCUT2D eigenvalue weighted by Crippen LogP contribution is -2.38. The van der Waals surface area contributed by atoms with Crippen LogP contribution in [0.3, 0.4) is 0 Å². The number of piperidine rings is 1. The van der Waals surface area contributed by atoms with Gasteiger partial charge in [-0.3, -0.25) is 9.88 Å². The van der Waals surface area contributed by atoms with Crippen molar-refractivity contribution >= 4 is 29.9 Å². The van der Waals surface area contributed by atoms with Crippen molar-refractivity contribution in [1.82, 2.24) is 20.5 Å². The Labute approximate surface area is 210 Å². The van der Waals surface area contributed by atoms with Crippen LogP contribution in [-0.4, -0.2) is 54.7 Å².